The van der Waals surface area contributed by atoms with Gasteiger partial charge in [-0.3, -0.25) is 0 Å². The first-order chi connectivity index (χ1) is 14.6. The van der Waals surface area contributed by atoms with Crippen LogP contribution in [0.4, 0.5) is 0 Å². The van der Waals surface area contributed by atoms with Crippen molar-refractivity contribution in [3.05, 3.63) is 92.9 Å². The van der Waals surface area contributed by atoms with E-state index in [9.17, 15) is 0 Å². The second kappa shape index (κ2) is 7.97. The molecule has 0 aromatic heterocycles. The van der Waals surface area contributed by atoms with E-state index in [-0.39, 0.29) is 12.3 Å². The highest BCUT2D eigenvalue weighted by Gasteiger charge is 2.41. The lowest BCUT2D eigenvalue weighted by molar-refractivity contribution is -0.0190. The van der Waals surface area contributed by atoms with Crippen LogP contribution in [0.5, 0.6) is 11.5 Å². The molecule has 0 bridgehead atoms. The molecule has 152 valence electrons. The van der Waals surface area contributed by atoms with Gasteiger partial charge in [0, 0.05) is 27.0 Å². The van der Waals surface area contributed by atoms with E-state index in [1.165, 1.54) is 0 Å². The van der Waals surface area contributed by atoms with Crippen molar-refractivity contribution < 1.29 is 9.47 Å². The van der Waals surface area contributed by atoms with Crippen molar-refractivity contribution in [2.45, 2.75) is 25.6 Å². The molecule has 0 N–H and O–H groups in total. The van der Waals surface area contributed by atoms with Crippen LogP contribution in [0.1, 0.15) is 42.3 Å². The first kappa shape index (κ1) is 19.5. The van der Waals surface area contributed by atoms with E-state index in [1.807, 2.05) is 61.5 Å². The summed E-state index contributed by atoms with van der Waals surface area (Å²) in [7, 11) is 0. The molecule has 5 rings (SSSR count). The molecule has 0 fully saturated rings. The third kappa shape index (κ3) is 3.57. The van der Waals surface area contributed by atoms with Gasteiger partial charge in [-0.15, -0.1) is 0 Å². The Kier molecular flexibility index (Phi) is 5.17. The minimum atomic E-state index is -0.313. The number of ether oxygens (including phenoxy) is 2. The van der Waals surface area contributed by atoms with Gasteiger partial charge in [0.1, 0.15) is 11.5 Å². The Morgan fingerprint density at radius 2 is 1.87 bits per heavy atom. The molecule has 0 radical (unpaired) electrons. The molecule has 3 aromatic carbocycles. The lowest BCUT2D eigenvalue weighted by Crippen LogP contribution is -2.33. The summed E-state index contributed by atoms with van der Waals surface area (Å²) in [5, 5.41) is 7.75. The number of hydrazone groups is 1. The normalized spacial score (nSPS) is 19.6. The molecule has 2 atom stereocenters. The second-order valence-electron chi connectivity index (χ2n) is 7.31. The van der Waals surface area contributed by atoms with Crippen LogP contribution in [-0.2, 0) is 0 Å². The average Bonchev–Trinajstić information content (AvgIpc) is 3.20. The summed E-state index contributed by atoms with van der Waals surface area (Å²) in [6, 6.07) is 22.2. The van der Waals surface area contributed by atoms with Gasteiger partial charge in [0.2, 0.25) is 6.23 Å². The number of rotatable bonds is 4. The Bertz CT molecular complexity index is 1100. The van der Waals surface area contributed by atoms with Gasteiger partial charge < -0.3 is 9.47 Å². The van der Waals surface area contributed by atoms with E-state index in [0.717, 1.165) is 44.8 Å². The summed E-state index contributed by atoms with van der Waals surface area (Å²) in [6.45, 7) is 2.62. The molecular weight excluding hydrogens is 464 g/mol. The van der Waals surface area contributed by atoms with Crippen molar-refractivity contribution in [1.82, 2.24) is 5.01 Å². The van der Waals surface area contributed by atoms with Crippen molar-refractivity contribution in [3.63, 3.8) is 0 Å². The fraction of sp³-hybridized carbons (Fsp3) is 0.208. The number of hydrogen-bond donors (Lipinski definition) is 0. The largest absolute Gasteiger partial charge is 0.494 e. The van der Waals surface area contributed by atoms with Gasteiger partial charge in [-0.2, -0.15) is 5.10 Å². The van der Waals surface area contributed by atoms with E-state index < -0.39 is 0 Å². The smallest absolute Gasteiger partial charge is 0.213 e. The van der Waals surface area contributed by atoms with Crippen LogP contribution in [0.25, 0.3) is 0 Å². The zero-order chi connectivity index (χ0) is 20.7. The summed E-state index contributed by atoms with van der Waals surface area (Å²) in [5.41, 5.74) is 4.26. The topological polar surface area (TPSA) is 34.1 Å². The Morgan fingerprint density at radius 3 is 2.60 bits per heavy atom. The van der Waals surface area contributed by atoms with E-state index in [2.05, 4.69) is 33.1 Å². The van der Waals surface area contributed by atoms with Crippen molar-refractivity contribution in [2.75, 3.05) is 6.61 Å². The number of halogens is 2. The molecule has 0 spiro atoms. The van der Waals surface area contributed by atoms with Crippen LogP contribution in [0.2, 0.25) is 5.02 Å². The van der Waals surface area contributed by atoms with Gasteiger partial charge in [0.05, 0.1) is 18.4 Å². The molecule has 2 aliphatic rings. The Morgan fingerprint density at radius 1 is 1.10 bits per heavy atom. The van der Waals surface area contributed by atoms with Gasteiger partial charge in [0.25, 0.3) is 0 Å². The Balaban J connectivity index is 1.55. The predicted molar refractivity (Wildman–Crippen MR) is 122 cm³/mol. The molecule has 4 nitrogen and oxygen atoms in total. The summed E-state index contributed by atoms with van der Waals surface area (Å²) < 4.78 is 13.0. The van der Waals surface area contributed by atoms with Crippen molar-refractivity contribution in [3.8, 4) is 11.5 Å². The Labute approximate surface area is 189 Å². The highest BCUT2D eigenvalue weighted by Crippen LogP contribution is 2.48. The molecule has 2 heterocycles. The van der Waals surface area contributed by atoms with Gasteiger partial charge in [-0.05, 0) is 67.1 Å². The summed E-state index contributed by atoms with van der Waals surface area (Å²) in [4.78, 5) is 0. The molecule has 30 heavy (non-hydrogen) atoms. The molecule has 2 aliphatic heterocycles. The van der Waals surface area contributed by atoms with Crippen molar-refractivity contribution in [2.24, 2.45) is 5.10 Å². The first-order valence-corrected chi connectivity index (χ1v) is 11.1. The summed E-state index contributed by atoms with van der Waals surface area (Å²) in [6.07, 6.45) is 0.485. The van der Waals surface area contributed by atoms with Crippen LogP contribution in [-0.4, -0.2) is 17.3 Å². The highest BCUT2D eigenvalue weighted by atomic mass is 79.9. The second-order valence-corrected chi connectivity index (χ2v) is 8.66. The molecule has 0 aliphatic carbocycles. The van der Waals surface area contributed by atoms with Crippen molar-refractivity contribution >= 4 is 33.2 Å². The molecule has 0 amide bonds. The highest BCUT2D eigenvalue weighted by molar-refractivity contribution is 9.10. The third-order valence-electron chi connectivity index (χ3n) is 5.41. The van der Waals surface area contributed by atoms with Gasteiger partial charge in [-0.1, -0.05) is 39.7 Å². The minimum absolute atomic E-state index is 0.0719. The summed E-state index contributed by atoms with van der Waals surface area (Å²) in [5.74, 6) is 1.70. The average molecular weight is 484 g/mol. The van der Waals surface area contributed by atoms with E-state index in [0.29, 0.717) is 11.6 Å². The quantitative estimate of drug-likeness (QED) is 0.412. The number of nitrogens with zero attached hydrogens (tertiary/aromatic N) is 2. The van der Waals surface area contributed by atoms with Crippen LogP contribution in [0.3, 0.4) is 0 Å². The minimum Gasteiger partial charge on any atom is -0.494 e. The van der Waals surface area contributed by atoms with Gasteiger partial charge in [-0.25, -0.2) is 5.01 Å². The van der Waals surface area contributed by atoms with Crippen LogP contribution in [0.15, 0.2) is 76.3 Å². The van der Waals surface area contributed by atoms with Crippen molar-refractivity contribution in [1.29, 1.82) is 0 Å². The zero-order valence-corrected chi connectivity index (χ0v) is 18.7. The number of hydrogen-bond acceptors (Lipinski definition) is 4. The third-order valence-corrected chi connectivity index (χ3v) is 6.17. The number of benzene rings is 3. The molecular formula is C24H20BrClN2O2. The van der Waals surface area contributed by atoms with Gasteiger partial charge in [0.15, 0.2) is 0 Å². The predicted octanol–water partition coefficient (Wildman–Crippen LogP) is 6.74. The SMILES string of the molecule is CCOc1ccc([C@H]2Oc3ccc(Cl)cc3[C@H]3CC(c4ccc(Br)cc4)=NN32)cc1. The first-order valence-electron chi connectivity index (χ1n) is 9.93. The van der Waals surface area contributed by atoms with Crippen LogP contribution < -0.4 is 9.47 Å². The van der Waals surface area contributed by atoms with E-state index in [1.54, 1.807) is 0 Å². The molecule has 6 heteroatoms. The maximum atomic E-state index is 6.40. The lowest BCUT2D eigenvalue weighted by Gasteiger charge is -2.38. The number of fused-ring (bicyclic) bond motifs is 3. The molecule has 0 saturated heterocycles. The monoisotopic (exact) mass is 482 g/mol. The molecule has 0 saturated carbocycles. The summed E-state index contributed by atoms with van der Waals surface area (Å²) >= 11 is 9.81. The van der Waals surface area contributed by atoms with Crippen LogP contribution >= 0.6 is 27.5 Å². The molecule has 0 unspecified atom stereocenters. The fourth-order valence-corrected chi connectivity index (χ4v) is 4.44. The maximum Gasteiger partial charge on any atom is 0.213 e. The standard InChI is InChI=1S/C24H20BrClN2O2/c1-2-29-19-10-5-16(6-11-19)24-28-22(20-13-18(26)9-12-23(20)30-24)14-21(27-28)15-3-7-17(25)8-4-15/h3-13,22,24H,2,14H2,1H3/t22-,24-/m1/s1. The van der Waals surface area contributed by atoms with Crippen LogP contribution in [0, 0.1) is 0 Å². The van der Waals surface area contributed by atoms with E-state index in [4.69, 9.17) is 26.2 Å². The fourth-order valence-electron chi connectivity index (χ4n) is 3.99. The van der Waals surface area contributed by atoms with E-state index >= 15 is 0 Å². The zero-order valence-electron chi connectivity index (χ0n) is 16.4. The molecule has 3 aromatic rings. The lowest BCUT2D eigenvalue weighted by atomic mass is 9.96. The Hall–Kier alpha value is -2.50. The maximum absolute atomic E-state index is 6.40. The van der Waals surface area contributed by atoms with Gasteiger partial charge >= 0.3 is 0 Å².